The van der Waals surface area contributed by atoms with Crippen LogP contribution < -0.4 is 5.73 Å². The van der Waals surface area contributed by atoms with Gasteiger partial charge in [0.25, 0.3) is 0 Å². The second-order valence-electron chi connectivity index (χ2n) is 4.59. The number of nitrogens with two attached hydrogens (primary N) is 1. The first-order chi connectivity index (χ1) is 8.40. The third-order valence-corrected chi connectivity index (χ3v) is 3.08. The van der Waals surface area contributed by atoms with Crippen LogP contribution in [0.5, 0.6) is 0 Å². The van der Waals surface area contributed by atoms with Crippen LogP contribution in [0.25, 0.3) is 0 Å². The summed E-state index contributed by atoms with van der Waals surface area (Å²) in [5.74, 6) is 0. The van der Waals surface area contributed by atoms with Gasteiger partial charge in [0, 0.05) is 25.7 Å². The van der Waals surface area contributed by atoms with Crippen molar-refractivity contribution in [3.63, 3.8) is 0 Å². The maximum atomic E-state index is 5.46. The molecule has 0 atom stereocenters. The minimum absolute atomic E-state index is 0.613. The Kier molecular flexibility index (Phi) is 4.98. The molecule has 3 nitrogen and oxygen atoms in total. The molecule has 0 aliphatic heterocycles. The van der Waals surface area contributed by atoms with Gasteiger partial charge < -0.3 is 10.5 Å². The zero-order valence-electron chi connectivity index (χ0n) is 10.3. The van der Waals surface area contributed by atoms with Crippen LogP contribution in [0.2, 0.25) is 0 Å². The average Bonchev–Trinajstić information content (AvgIpc) is 3.19. The molecule has 0 amide bonds. The van der Waals surface area contributed by atoms with Gasteiger partial charge in [-0.3, -0.25) is 4.90 Å². The SMILES string of the molecule is NCCOCCN(Cc1ccccc1)C1CC1. The highest BCUT2D eigenvalue weighted by Crippen LogP contribution is 2.27. The zero-order valence-corrected chi connectivity index (χ0v) is 10.3. The van der Waals surface area contributed by atoms with Crippen molar-refractivity contribution in [2.24, 2.45) is 5.73 Å². The van der Waals surface area contributed by atoms with Crippen molar-refractivity contribution in [2.75, 3.05) is 26.3 Å². The summed E-state index contributed by atoms with van der Waals surface area (Å²) in [6.07, 6.45) is 2.67. The van der Waals surface area contributed by atoms with Crippen LogP contribution in [-0.2, 0) is 11.3 Å². The van der Waals surface area contributed by atoms with Crippen molar-refractivity contribution in [2.45, 2.75) is 25.4 Å². The first-order valence-corrected chi connectivity index (χ1v) is 6.46. The van der Waals surface area contributed by atoms with E-state index in [0.717, 1.165) is 25.7 Å². The first kappa shape index (κ1) is 12.6. The summed E-state index contributed by atoms with van der Waals surface area (Å²) in [7, 11) is 0. The van der Waals surface area contributed by atoms with Gasteiger partial charge in [-0.25, -0.2) is 0 Å². The molecule has 0 saturated heterocycles. The quantitative estimate of drug-likeness (QED) is 0.695. The van der Waals surface area contributed by atoms with Gasteiger partial charge in [-0.1, -0.05) is 30.3 Å². The standard InChI is InChI=1S/C14H22N2O/c15-8-10-17-11-9-16(14-6-7-14)12-13-4-2-1-3-5-13/h1-5,14H,6-12,15H2. The zero-order chi connectivity index (χ0) is 11.9. The van der Waals surface area contributed by atoms with Crippen LogP contribution in [0.3, 0.4) is 0 Å². The average molecular weight is 234 g/mol. The van der Waals surface area contributed by atoms with Gasteiger partial charge in [0.15, 0.2) is 0 Å². The number of benzene rings is 1. The Bertz CT molecular complexity index is 311. The van der Waals surface area contributed by atoms with Gasteiger partial charge in [-0.2, -0.15) is 0 Å². The molecule has 0 radical (unpaired) electrons. The number of hydrogen-bond donors (Lipinski definition) is 1. The normalized spacial score (nSPS) is 15.4. The summed E-state index contributed by atoms with van der Waals surface area (Å²) >= 11 is 0. The molecule has 2 N–H and O–H groups in total. The Hall–Kier alpha value is -0.900. The Labute approximate surface area is 104 Å². The maximum absolute atomic E-state index is 5.46. The van der Waals surface area contributed by atoms with E-state index < -0.39 is 0 Å². The van der Waals surface area contributed by atoms with Crippen molar-refractivity contribution in [3.05, 3.63) is 35.9 Å². The van der Waals surface area contributed by atoms with Crippen molar-refractivity contribution < 1.29 is 4.74 Å². The lowest BCUT2D eigenvalue weighted by Gasteiger charge is -2.21. The van der Waals surface area contributed by atoms with Crippen LogP contribution in [0, 0.1) is 0 Å². The Morgan fingerprint density at radius 1 is 1.18 bits per heavy atom. The first-order valence-electron chi connectivity index (χ1n) is 6.46. The lowest BCUT2D eigenvalue weighted by molar-refractivity contribution is 0.103. The molecular weight excluding hydrogens is 212 g/mol. The molecule has 94 valence electrons. The molecule has 0 heterocycles. The van der Waals surface area contributed by atoms with Crippen LogP contribution in [0.1, 0.15) is 18.4 Å². The lowest BCUT2D eigenvalue weighted by atomic mass is 10.2. The lowest BCUT2D eigenvalue weighted by Crippen LogP contribution is -2.29. The number of ether oxygens (including phenoxy) is 1. The minimum Gasteiger partial charge on any atom is -0.379 e. The summed E-state index contributed by atoms with van der Waals surface area (Å²) in [5, 5.41) is 0. The maximum Gasteiger partial charge on any atom is 0.0594 e. The second kappa shape index (κ2) is 6.74. The summed E-state index contributed by atoms with van der Waals surface area (Å²) < 4.78 is 5.46. The number of rotatable bonds is 8. The van der Waals surface area contributed by atoms with Crippen LogP contribution in [-0.4, -0.2) is 37.2 Å². The van der Waals surface area contributed by atoms with E-state index >= 15 is 0 Å². The molecule has 1 aliphatic carbocycles. The molecule has 3 heteroatoms. The predicted octanol–water partition coefficient (Wildman–Crippen LogP) is 1.63. The van der Waals surface area contributed by atoms with Crippen LogP contribution >= 0.6 is 0 Å². The van der Waals surface area contributed by atoms with Gasteiger partial charge in [-0.15, -0.1) is 0 Å². The summed E-state index contributed by atoms with van der Waals surface area (Å²) in [6.45, 7) is 4.13. The summed E-state index contributed by atoms with van der Waals surface area (Å²) in [5.41, 5.74) is 6.79. The van der Waals surface area contributed by atoms with E-state index in [2.05, 4.69) is 35.2 Å². The molecule has 2 rings (SSSR count). The molecule has 1 aromatic rings. The van der Waals surface area contributed by atoms with Gasteiger partial charge >= 0.3 is 0 Å². The third-order valence-electron chi connectivity index (χ3n) is 3.08. The van der Waals surface area contributed by atoms with Crippen molar-refractivity contribution in [1.29, 1.82) is 0 Å². The molecule has 0 unspecified atom stereocenters. The number of nitrogens with zero attached hydrogens (tertiary/aromatic N) is 1. The van der Waals surface area contributed by atoms with Crippen molar-refractivity contribution in [1.82, 2.24) is 4.90 Å². The fraction of sp³-hybridized carbons (Fsp3) is 0.571. The van der Waals surface area contributed by atoms with E-state index in [1.165, 1.54) is 18.4 Å². The van der Waals surface area contributed by atoms with Crippen molar-refractivity contribution >= 4 is 0 Å². The second-order valence-corrected chi connectivity index (χ2v) is 4.59. The minimum atomic E-state index is 0.613. The number of hydrogen-bond acceptors (Lipinski definition) is 3. The summed E-state index contributed by atoms with van der Waals surface area (Å²) in [6, 6.07) is 11.4. The molecule has 0 bridgehead atoms. The Morgan fingerprint density at radius 2 is 1.94 bits per heavy atom. The van der Waals surface area contributed by atoms with E-state index in [1.807, 2.05) is 0 Å². The third kappa shape index (κ3) is 4.46. The van der Waals surface area contributed by atoms with E-state index in [9.17, 15) is 0 Å². The molecular formula is C14H22N2O. The highest BCUT2D eigenvalue weighted by Gasteiger charge is 2.28. The predicted molar refractivity (Wildman–Crippen MR) is 69.7 cm³/mol. The molecule has 1 aromatic carbocycles. The van der Waals surface area contributed by atoms with Crippen molar-refractivity contribution in [3.8, 4) is 0 Å². The molecule has 0 spiro atoms. The topological polar surface area (TPSA) is 38.5 Å². The van der Waals surface area contributed by atoms with E-state index in [-0.39, 0.29) is 0 Å². The fourth-order valence-corrected chi connectivity index (χ4v) is 2.02. The van der Waals surface area contributed by atoms with Gasteiger partial charge in [0.1, 0.15) is 0 Å². The monoisotopic (exact) mass is 234 g/mol. The van der Waals surface area contributed by atoms with Crippen LogP contribution in [0.4, 0.5) is 0 Å². The molecule has 1 aliphatic rings. The van der Waals surface area contributed by atoms with E-state index in [0.29, 0.717) is 13.2 Å². The molecule has 1 fully saturated rings. The molecule has 0 aromatic heterocycles. The highest BCUT2D eigenvalue weighted by molar-refractivity contribution is 5.14. The molecule has 17 heavy (non-hydrogen) atoms. The fourth-order valence-electron chi connectivity index (χ4n) is 2.02. The van der Waals surface area contributed by atoms with E-state index in [1.54, 1.807) is 0 Å². The highest BCUT2D eigenvalue weighted by atomic mass is 16.5. The van der Waals surface area contributed by atoms with E-state index in [4.69, 9.17) is 10.5 Å². The Balaban J connectivity index is 1.77. The summed E-state index contributed by atoms with van der Waals surface area (Å²) in [4.78, 5) is 2.52. The largest absolute Gasteiger partial charge is 0.379 e. The van der Waals surface area contributed by atoms with Gasteiger partial charge in [0.2, 0.25) is 0 Å². The molecule has 1 saturated carbocycles. The van der Waals surface area contributed by atoms with Gasteiger partial charge in [0.05, 0.1) is 13.2 Å². The van der Waals surface area contributed by atoms with Gasteiger partial charge in [-0.05, 0) is 18.4 Å². The smallest absolute Gasteiger partial charge is 0.0594 e. The Morgan fingerprint density at radius 3 is 2.59 bits per heavy atom. The van der Waals surface area contributed by atoms with Crippen LogP contribution in [0.15, 0.2) is 30.3 Å².